The fourth-order valence-electron chi connectivity index (χ4n) is 2.97. The Kier molecular flexibility index (Phi) is 6.26. The van der Waals surface area contributed by atoms with E-state index in [1.54, 1.807) is 25.4 Å². The van der Waals surface area contributed by atoms with Crippen molar-refractivity contribution in [2.24, 2.45) is 5.92 Å². The molecule has 1 aromatic carbocycles. The zero-order valence-corrected chi connectivity index (χ0v) is 14.9. The molecule has 1 saturated heterocycles. The van der Waals surface area contributed by atoms with E-state index in [9.17, 15) is 8.42 Å². The minimum atomic E-state index is -3.30. The largest absolute Gasteiger partial charge is 0.493 e. The van der Waals surface area contributed by atoms with Crippen LogP contribution >= 0.6 is 0 Å². The van der Waals surface area contributed by atoms with Crippen LogP contribution in [-0.4, -0.2) is 46.6 Å². The molecular formula is C16H26N2O4S. The van der Waals surface area contributed by atoms with E-state index in [0.717, 1.165) is 30.8 Å². The van der Waals surface area contributed by atoms with Crippen molar-refractivity contribution in [3.63, 3.8) is 0 Å². The molecule has 0 saturated carbocycles. The molecule has 1 aliphatic heterocycles. The molecule has 0 bridgehead atoms. The summed E-state index contributed by atoms with van der Waals surface area (Å²) < 4.78 is 38.7. The summed E-state index contributed by atoms with van der Waals surface area (Å²) in [5.74, 6) is 1.95. The van der Waals surface area contributed by atoms with Crippen molar-refractivity contribution in [2.45, 2.75) is 26.2 Å². The van der Waals surface area contributed by atoms with Crippen LogP contribution in [0.5, 0.6) is 11.5 Å². The lowest BCUT2D eigenvalue weighted by Gasteiger charge is -2.31. The van der Waals surface area contributed by atoms with Gasteiger partial charge in [0, 0.05) is 19.6 Å². The Labute approximate surface area is 139 Å². The van der Waals surface area contributed by atoms with Gasteiger partial charge in [0.25, 0.3) is 10.2 Å². The third-order valence-corrected chi connectivity index (χ3v) is 5.91. The normalized spacial score (nSPS) is 17.2. The smallest absolute Gasteiger partial charge is 0.279 e. The predicted octanol–water partition coefficient (Wildman–Crippen LogP) is 1.81. The highest BCUT2D eigenvalue weighted by molar-refractivity contribution is 7.87. The maximum atomic E-state index is 12.0. The molecule has 1 aromatic rings. The summed E-state index contributed by atoms with van der Waals surface area (Å²) in [6, 6.07) is 5.96. The van der Waals surface area contributed by atoms with Crippen LogP contribution in [0, 0.1) is 5.92 Å². The number of ether oxygens (including phenoxy) is 2. The summed E-state index contributed by atoms with van der Waals surface area (Å²) in [4.78, 5) is 0. The quantitative estimate of drug-likeness (QED) is 0.821. The molecule has 2 rings (SSSR count). The van der Waals surface area contributed by atoms with Crippen LogP contribution in [0.4, 0.5) is 0 Å². The number of hydrogen-bond donors (Lipinski definition) is 1. The van der Waals surface area contributed by atoms with Gasteiger partial charge in [-0.25, -0.2) is 4.72 Å². The molecule has 0 radical (unpaired) electrons. The SMILES string of the molecule is CCNS(=O)(=O)N1CCC(Cc2ccc(OC)c(OC)c2)CC1. The molecule has 0 unspecified atom stereocenters. The topological polar surface area (TPSA) is 67.9 Å². The number of piperidine rings is 1. The van der Waals surface area contributed by atoms with Crippen molar-refractivity contribution < 1.29 is 17.9 Å². The van der Waals surface area contributed by atoms with Crippen molar-refractivity contribution in [2.75, 3.05) is 33.9 Å². The van der Waals surface area contributed by atoms with Crippen molar-refractivity contribution in [3.05, 3.63) is 23.8 Å². The van der Waals surface area contributed by atoms with Gasteiger partial charge >= 0.3 is 0 Å². The Morgan fingerprint density at radius 2 is 1.83 bits per heavy atom. The Hall–Kier alpha value is -1.31. The molecule has 1 fully saturated rings. The Morgan fingerprint density at radius 1 is 1.17 bits per heavy atom. The van der Waals surface area contributed by atoms with E-state index in [1.807, 2.05) is 18.2 Å². The first-order chi connectivity index (χ1) is 11.0. The fourth-order valence-corrected chi connectivity index (χ4v) is 4.21. The summed E-state index contributed by atoms with van der Waals surface area (Å²) in [6.07, 6.45) is 2.67. The predicted molar refractivity (Wildman–Crippen MR) is 90.1 cm³/mol. The number of hydrogen-bond acceptors (Lipinski definition) is 4. The van der Waals surface area contributed by atoms with Gasteiger partial charge in [-0.3, -0.25) is 0 Å². The number of benzene rings is 1. The van der Waals surface area contributed by atoms with E-state index in [-0.39, 0.29) is 0 Å². The van der Waals surface area contributed by atoms with Crippen molar-refractivity contribution >= 4 is 10.2 Å². The molecule has 1 heterocycles. The molecule has 6 nitrogen and oxygen atoms in total. The second kappa shape index (κ2) is 7.99. The maximum Gasteiger partial charge on any atom is 0.279 e. The van der Waals surface area contributed by atoms with E-state index in [4.69, 9.17) is 9.47 Å². The maximum absolute atomic E-state index is 12.0. The van der Waals surface area contributed by atoms with E-state index >= 15 is 0 Å². The molecule has 0 amide bonds. The summed E-state index contributed by atoms with van der Waals surface area (Å²) in [5, 5.41) is 0. The molecule has 1 aliphatic rings. The first-order valence-corrected chi connectivity index (χ1v) is 9.39. The Morgan fingerprint density at radius 3 is 2.39 bits per heavy atom. The van der Waals surface area contributed by atoms with Crippen LogP contribution < -0.4 is 14.2 Å². The molecular weight excluding hydrogens is 316 g/mol. The molecule has 130 valence electrons. The van der Waals surface area contributed by atoms with Crippen LogP contribution in [0.3, 0.4) is 0 Å². The summed E-state index contributed by atoms with van der Waals surface area (Å²) >= 11 is 0. The monoisotopic (exact) mass is 342 g/mol. The van der Waals surface area contributed by atoms with Crippen molar-refractivity contribution in [3.8, 4) is 11.5 Å². The number of nitrogens with zero attached hydrogens (tertiary/aromatic N) is 1. The third kappa shape index (κ3) is 4.59. The van der Waals surface area contributed by atoms with Gasteiger partial charge in [0.05, 0.1) is 14.2 Å². The summed E-state index contributed by atoms with van der Waals surface area (Å²) in [6.45, 7) is 3.37. The van der Waals surface area contributed by atoms with Crippen LogP contribution in [0.25, 0.3) is 0 Å². The second-order valence-electron chi connectivity index (χ2n) is 5.74. The second-order valence-corrected chi connectivity index (χ2v) is 7.49. The lowest BCUT2D eigenvalue weighted by molar-refractivity contribution is 0.270. The molecule has 7 heteroatoms. The number of nitrogens with one attached hydrogen (secondary N) is 1. The van der Waals surface area contributed by atoms with Gasteiger partial charge in [-0.1, -0.05) is 13.0 Å². The van der Waals surface area contributed by atoms with Crippen LogP contribution in [0.15, 0.2) is 18.2 Å². The Bertz CT molecular complexity index is 611. The first kappa shape index (κ1) is 18.0. The van der Waals surface area contributed by atoms with E-state index < -0.39 is 10.2 Å². The molecule has 0 spiro atoms. The average Bonchev–Trinajstić information content (AvgIpc) is 2.55. The average molecular weight is 342 g/mol. The van der Waals surface area contributed by atoms with Gasteiger partial charge in [0.1, 0.15) is 0 Å². The number of rotatable bonds is 7. The van der Waals surface area contributed by atoms with Gasteiger partial charge in [-0.05, 0) is 42.9 Å². The zero-order valence-electron chi connectivity index (χ0n) is 14.0. The third-order valence-electron chi connectivity index (χ3n) is 4.21. The zero-order chi connectivity index (χ0) is 16.9. The molecule has 0 aliphatic carbocycles. The van der Waals surface area contributed by atoms with Crippen molar-refractivity contribution in [1.82, 2.24) is 9.03 Å². The highest BCUT2D eigenvalue weighted by Gasteiger charge is 2.27. The highest BCUT2D eigenvalue weighted by Crippen LogP contribution is 2.30. The Balaban J connectivity index is 1.94. The fraction of sp³-hybridized carbons (Fsp3) is 0.625. The highest BCUT2D eigenvalue weighted by atomic mass is 32.2. The van der Waals surface area contributed by atoms with Gasteiger partial charge < -0.3 is 9.47 Å². The van der Waals surface area contributed by atoms with E-state index in [2.05, 4.69) is 4.72 Å². The van der Waals surface area contributed by atoms with Gasteiger partial charge in [-0.2, -0.15) is 12.7 Å². The summed E-state index contributed by atoms with van der Waals surface area (Å²) in [7, 11) is -0.0489. The molecule has 0 aromatic heterocycles. The van der Waals surface area contributed by atoms with Gasteiger partial charge in [-0.15, -0.1) is 0 Å². The van der Waals surface area contributed by atoms with Crippen LogP contribution in [-0.2, 0) is 16.6 Å². The lowest BCUT2D eigenvalue weighted by Crippen LogP contribution is -2.45. The number of methoxy groups -OCH3 is 2. The van der Waals surface area contributed by atoms with Crippen molar-refractivity contribution in [1.29, 1.82) is 0 Å². The first-order valence-electron chi connectivity index (χ1n) is 7.95. The minimum absolute atomic E-state index is 0.425. The van der Waals surface area contributed by atoms with Gasteiger partial charge in [0.15, 0.2) is 11.5 Å². The lowest BCUT2D eigenvalue weighted by atomic mass is 9.91. The molecule has 23 heavy (non-hydrogen) atoms. The van der Waals surface area contributed by atoms with Crippen LogP contribution in [0.2, 0.25) is 0 Å². The molecule has 1 N–H and O–H groups in total. The summed E-state index contributed by atoms with van der Waals surface area (Å²) in [5.41, 5.74) is 1.19. The van der Waals surface area contributed by atoms with Crippen LogP contribution in [0.1, 0.15) is 25.3 Å². The van der Waals surface area contributed by atoms with E-state index in [0.29, 0.717) is 25.6 Å². The van der Waals surface area contributed by atoms with E-state index in [1.165, 1.54) is 5.56 Å². The molecule has 0 atom stereocenters. The standard InChI is InChI=1S/C16H26N2O4S/c1-4-17-23(19,20)18-9-7-13(8-10-18)11-14-5-6-15(21-2)16(12-14)22-3/h5-6,12-13,17H,4,7-11H2,1-3H3. The minimum Gasteiger partial charge on any atom is -0.493 e. The van der Waals surface area contributed by atoms with Gasteiger partial charge in [0.2, 0.25) is 0 Å².